The number of ether oxygens (including phenoxy) is 1. The van der Waals surface area contributed by atoms with E-state index in [9.17, 15) is 19.7 Å². The Morgan fingerprint density at radius 3 is 2.61 bits per heavy atom. The van der Waals surface area contributed by atoms with Crippen molar-refractivity contribution in [2.45, 2.75) is 12.8 Å². The number of nitrogens with zero attached hydrogens (tertiary/aromatic N) is 1. The van der Waals surface area contributed by atoms with Gasteiger partial charge in [-0.15, -0.1) is 0 Å². The van der Waals surface area contributed by atoms with Gasteiger partial charge in [-0.1, -0.05) is 18.2 Å². The number of para-hydroxylation sites is 2. The Bertz CT molecular complexity index is 868. The third kappa shape index (κ3) is 5.70. The number of aromatic carboxylic acids is 1. The van der Waals surface area contributed by atoms with Gasteiger partial charge in [0.15, 0.2) is 0 Å². The molecule has 0 saturated carbocycles. The normalized spacial score (nSPS) is 10.2. The summed E-state index contributed by atoms with van der Waals surface area (Å²) in [6, 6.07) is 10.8. The fourth-order valence-corrected chi connectivity index (χ4v) is 2.60. The van der Waals surface area contributed by atoms with Gasteiger partial charge >= 0.3 is 5.97 Å². The van der Waals surface area contributed by atoms with E-state index in [4.69, 9.17) is 9.84 Å². The predicted octanol–water partition coefficient (Wildman–Crippen LogP) is 2.46. The first kappa shape index (κ1) is 20.7. The van der Waals surface area contributed by atoms with E-state index < -0.39 is 10.9 Å². The van der Waals surface area contributed by atoms with Gasteiger partial charge in [-0.3, -0.25) is 14.9 Å². The maximum absolute atomic E-state index is 11.9. The molecule has 0 spiro atoms. The summed E-state index contributed by atoms with van der Waals surface area (Å²) >= 11 is 0. The summed E-state index contributed by atoms with van der Waals surface area (Å²) in [4.78, 5) is 33.4. The molecule has 3 N–H and O–H groups in total. The van der Waals surface area contributed by atoms with Gasteiger partial charge in [0.2, 0.25) is 5.91 Å². The lowest BCUT2D eigenvalue weighted by molar-refractivity contribution is -0.384. The summed E-state index contributed by atoms with van der Waals surface area (Å²) in [6.45, 7) is 0.612. The smallest absolute Gasteiger partial charge is 0.335 e. The number of carbonyl (C=O) groups is 2. The van der Waals surface area contributed by atoms with Gasteiger partial charge in [-0.2, -0.15) is 0 Å². The van der Waals surface area contributed by atoms with Crippen LogP contribution in [0.25, 0.3) is 0 Å². The van der Waals surface area contributed by atoms with Gasteiger partial charge in [-0.05, 0) is 30.2 Å². The number of anilines is 1. The van der Waals surface area contributed by atoms with Crippen LogP contribution in [-0.4, -0.2) is 42.1 Å². The molecule has 9 heteroatoms. The molecule has 0 unspecified atom stereocenters. The summed E-state index contributed by atoms with van der Waals surface area (Å²) in [5.74, 6) is -0.788. The van der Waals surface area contributed by atoms with E-state index in [2.05, 4.69) is 10.6 Å². The largest absolute Gasteiger partial charge is 0.496 e. The molecule has 0 saturated heterocycles. The fourth-order valence-electron chi connectivity index (χ4n) is 2.60. The van der Waals surface area contributed by atoms with E-state index in [0.717, 1.165) is 5.56 Å². The van der Waals surface area contributed by atoms with E-state index in [1.54, 1.807) is 24.3 Å². The van der Waals surface area contributed by atoms with Crippen molar-refractivity contribution in [2.24, 2.45) is 0 Å². The van der Waals surface area contributed by atoms with Crippen molar-refractivity contribution in [3.63, 3.8) is 0 Å². The maximum atomic E-state index is 11.9. The Labute approximate surface area is 161 Å². The summed E-state index contributed by atoms with van der Waals surface area (Å²) in [5, 5.41) is 25.6. The molecule has 2 rings (SSSR count). The average molecular weight is 387 g/mol. The first-order valence-corrected chi connectivity index (χ1v) is 8.56. The Hall–Kier alpha value is -3.62. The highest BCUT2D eigenvalue weighted by molar-refractivity contribution is 5.88. The van der Waals surface area contributed by atoms with E-state index in [-0.39, 0.29) is 30.1 Å². The van der Waals surface area contributed by atoms with Gasteiger partial charge in [0.25, 0.3) is 5.69 Å². The molecule has 1 amide bonds. The monoisotopic (exact) mass is 387 g/mol. The lowest BCUT2D eigenvalue weighted by Crippen LogP contribution is -2.27. The van der Waals surface area contributed by atoms with Crippen molar-refractivity contribution in [3.8, 4) is 5.75 Å². The van der Waals surface area contributed by atoms with Crippen molar-refractivity contribution in [3.05, 3.63) is 63.7 Å². The van der Waals surface area contributed by atoms with Crippen LogP contribution in [-0.2, 0) is 11.2 Å². The number of methoxy groups -OCH3 is 1. The Morgan fingerprint density at radius 1 is 1.18 bits per heavy atom. The topological polar surface area (TPSA) is 131 Å². The Morgan fingerprint density at radius 2 is 1.93 bits per heavy atom. The van der Waals surface area contributed by atoms with E-state index in [0.29, 0.717) is 24.4 Å². The second-order valence-electron chi connectivity index (χ2n) is 5.88. The lowest BCUT2D eigenvalue weighted by Gasteiger charge is -2.11. The van der Waals surface area contributed by atoms with Gasteiger partial charge in [-0.25, -0.2) is 4.79 Å². The molecule has 0 atom stereocenters. The number of nitro benzene ring substituents is 1. The second kappa shape index (κ2) is 9.91. The number of carbonyl (C=O) groups excluding carboxylic acids is 1. The average Bonchev–Trinajstić information content (AvgIpc) is 2.68. The summed E-state index contributed by atoms with van der Waals surface area (Å²) in [5.41, 5.74) is 1.24. The molecular weight excluding hydrogens is 366 g/mol. The van der Waals surface area contributed by atoms with Crippen molar-refractivity contribution >= 4 is 23.3 Å². The number of rotatable bonds is 10. The maximum Gasteiger partial charge on any atom is 0.335 e. The minimum atomic E-state index is -1.04. The number of hydrogen-bond donors (Lipinski definition) is 3. The third-order valence-electron chi connectivity index (χ3n) is 4.02. The number of carboxylic acids is 1. The number of carboxylic acid groups (broad SMARTS) is 1. The van der Waals surface area contributed by atoms with Crippen LogP contribution >= 0.6 is 0 Å². The SMILES string of the molecule is COc1cc(C(=O)O)ccc1CCNC(=O)CCNc1ccccc1[N+](=O)[O-]. The first-order chi connectivity index (χ1) is 13.4. The summed E-state index contributed by atoms with van der Waals surface area (Å²) < 4.78 is 5.20. The van der Waals surface area contributed by atoms with E-state index >= 15 is 0 Å². The molecule has 0 aliphatic heterocycles. The first-order valence-electron chi connectivity index (χ1n) is 8.56. The zero-order valence-corrected chi connectivity index (χ0v) is 15.3. The van der Waals surface area contributed by atoms with Crippen LogP contribution in [0.3, 0.4) is 0 Å². The predicted molar refractivity (Wildman–Crippen MR) is 103 cm³/mol. The quantitative estimate of drug-likeness (QED) is 0.421. The highest BCUT2D eigenvalue weighted by Gasteiger charge is 2.12. The van der Waals surface area contributed by atoms with Crippen LogP contribution in [0, 0.1) is 10.1 Å². The molecule has 2 aromatic rings. The van der Waals surface area contributed by atoms with Crippen LogP contribution in [0.15, 0.2) is 42.5 Å². The Balaban J connectivity index is 1.79. The van der Waals surface area contributed by atoms with Crippen molar-refractivity contribution in [1.29, 1.82) is 0 Å². The van der Waals surface area contributed by atoms with Gasteiger partial charge in [0.1, 0.15) is 11.4 Å². The Kier molecular flexibility index (Phi) is 7.32. The summed E-state index contributed by atoms with van der Waals surface area (Å²) in [6.07, 6.45) is 0.632. The molecule has 0 bridgehead atoms. The van der Waals surface area contributed by atoms with Gasteiger partial charge in [0, 0.05) is 25.6 Å². The minimum Gasteiger partial charge on any atom is -0.496 e. The highest BCUT2D eigenvalue weighted by atomic mass is 16.6. The third-order valence-corrected chi connectivity index (χ3v) is 4.02. The number of amides is 1. The van der Waals surface area contributed by atoms with Crippen LogP contribution in [0.4, 0.5) is 11.4 Å². The standard InChI is InChI=1S/C19H21N3O6/c1-28-17-12-14(19(24)25)7-6-13(17)8-10-21-18(23)9-11-20-15-4-2-3-5-16(15)22(26)27/h2-7,12,20H,8-11H2,1H3,(H,21,23)(H,24,25). The molecule has 148 valence electrons. The van der Waals surface area contributed by atoms with Crippen molar-refractivity contribution in [2.75, 3.05) is 25.5 Å². The molecule has 0 heterocycles. The minimum absolute atomic E-state index is 0.0418. The van der Waals surface area contributed by atoms with Gasteiger partial charge in [0.05, 0.1) is 17.6 Å². The zero-order valence-electron chi connectivity index (χ0n) is 15.3. The van der Waals surface area contributed by atoms with Crippen LogP contribution in [0.2, 0.25) is 0 Å². The molecule has 0 radical (unpaired) electrons. The number of benzene rings is 2. The second-order valence-corrected chi connectivity index (χ2v) is 5.88. The van der Waals surface area contributed by atoms with Crippen LogP contribution in [0.5, 0.6) is 5.75 Å². The molecule has 0 fully saturated rings. The lowest BCUT2D eigenvalue weighted by atomic mass is 10.1. The summed E-state index contributed by atoms with van der Waals surface area (Å²) in [7, 11) is 1.46. The molecule has 0 aromatic heterocycles. The fraction of sp³-hybridized carbons (Fsp3) is 0.263. The molecule has 28 heavy (non-hydrogen) atoms. The van der Waals surface area contributed by atoms with Crippen LogP contribution in [0.1, 0.15) is 22.3 Å². The number of nitrogens with one attached hydrogen (secondary N) is 2. The van der Waals surface area contributed by atoms with Crippen molar-refractivity contribution in [1.82, 2.24) is 5.32 Å². The molecule has 2 aromatic carbocycles. The highest BCUT2D eigenvalue weighted by Crippen LogP contribution is 2.23. The molecule has 0 aliphatic carbocycles. The molecule has 9 nitrogen and oxygen atoms in total. The molecular formula is C19H21N3O6. The van der Waals surface area contributed by atoms with E-state index in [1.165, 1.54) is 25.3 Å². The van der Waals surface area contributed by atoms with E-state index in [1.807, 2.05) is 0 Å². The molecule has 0 aliphatic rings. The zero-order chi connectivity index (χ0) is 20.5. The number of nitro groups is 1. The van der Waals surface area contributed by atoms with Crippen LogP contribution < -0.4 is 15.4 Å². The van der Waals surface area contributed by atoms with Gasteiger partial charge < -0.3 is 20.5 Å². The number of hydrogen-bond acceptors (Lipinski definition) is 6. The van der Waals surface area contributed by atoms with Crippen molar-refractivity contribution < 1.29 is 24.4 Å².